The Hall–Kier alpha value is -1.40. The third kappa shape index (κ3) is 5.82. The van der Waals surface area contributed by atoms with E-state index >= 15 is 0 Å². The lowest BCUT2D eigenvalue weighted by molar-refractivity contribution is 0.0328. The van der Waals surface area contributed by atoms with E-state index in [-0.39, 0.29) is 0 Å². The molecule has 0 bridgehead atoms. The van der Waals surface area contributed by atoms with Gasteiger partial charge in [0.1, 0.15) is 17.2 Å². The minimum Gasteiger partial charge on any atom is -0.379 e. The maximum atomic E-state index is 13.9. The third-order valence-corrected chi connectivity index (χ3v) is 6.01. The Bertz CT molecular complexity index is 786. The molecule has 6 heteroatoms. The van der Waals surface area contributed by atoms with Crippen molar-refractivity contribution in [2.24, 2.45) is 0 Å². The zero-order valence-corrected chi connectivity index (χ0v) is 18.0. The first kappa shape index (κ1) is 22.3. The van der Waals surface area contributed by atoms with Crippen molar-refractivity contribution in [2.45, 2.75) is 62.3 Å². The third-order valence-electron chi connectivity index (χ3n) is 5.62. The number of hydrogen-bond donors (Lipinski definition) is 0. The van der Waals surface area contributed by atoms with Crippen molar-refractivity contribution in [1.29, 1.82) is 0 Å². The van der Waals surface area contributed by atoms with E-state index in [1.54, 1.807) is 0 Å². The molecule has 158 valence electrons. The Morgan fingerprint density at radius 1 is 0.931 bits per heavy atom. The van der Waals surface area contributed by atoms with Crippen LogP contribution in [0.4, 0.5) is 17.6 Å². The molecule has 2 aromatic rings. The number of halogens is 5. The van der Waals surface area contributed by atoms with Crippen molar-refractivity contribution in [1.82, 2.24) is 0 Å². The van der Waals surface area contributed by atoms with Crippen molar-refractivity contribution < 1.29 is 22.3 Å². The minimum absolute atomic E-state index is 0.360. The largest absolute Gasteiger partial charge is 0.379 e. The molecular formula is C23H25BrF4O. The standard InChI is InChI=1S/C23H25BrF4O/c1-2-29-19-11-9-18(10-12-19)17-7-5-15(6-8-17)3-4-16-13-20(25)22(21(26)14-16)23(24,27)28/h5-8,13-14,18-19H,2-4,9-12H2,1H3. The Morgan fingerprint density at radius 2 is 1.48 bits per heavy atom. The smallest absolute Gasteiger partial charge is 0.332 e. The van der Waals surface area contributed by atoms with Crippen LogP contribution in [0.2, 0.25) is 0 Å². The molecule has 2 aromatic carbocycles. The maximum absolute atomic E-state index is 13.9. The van der Waals surface area contributed by atoms with E-state index in [0.29, 0.717) is 30.4 Å². The fourth-order valence-corrected chi connectivity index (χ4v) is 4.46. The first-order valence-corrected chi connectivity index (χ1v) is 10.8. The second-order valence-corrected chi connectivity index (χ2v) is 8.60. The maximum Gasteiger partial charge on any atom is 0.332 e. The molecule has 1 saturated carbocycles. The van der Waals surface area contributed by atoms with Gasteiger partial charge in [0.2, 0.25) is 0 Å². The highest BCUT2D eigenvalue weighted by molar-refractivity contribution is 9.09. The minimum atomic E-state index is -3.72. The molecule has 1 aliphatic carbocycles. The summed E-state index contributed by atoms with van der Waals surface area (Å²) in [5.41, 5.74) is 1.47. The van der Waals surface area contributed by atoms with Crippen LogP contribution in [0.3, 0.4) is 0 Å². The number of benzene rings is 2. The summed E-state index contributed by atoms with van der Waals surface area (Å²) in [4.78, 5) is -3.72. The zero-order valence-electron chi connectivity index (χ0n) is 16.4. The molecular weight excluding hydrogens is 448 g/mol. The SMILES string of the molecule is CCOC1CCC(c2ccc(CCc3cc(F)c(C(F)(F)Br)c(F)c3)cc2)CC1. The quantitative estimate of drug-likeness (QED) is 0.304. The van der Waals surface area contributed by atoms with Gasteiger partial charge in [0.05, 0.1) is 6.10 Å². The number of hydrogen-bond acceptors (Lipinski definition) is 1. The van der Waals surface area contributed by atoms with Gasteiger partial charge in [-0.25, -0.2) is 8.78 Å². The van der Waals surface area contributed by atoms with Crippen LogP contribution >= 0.6 is 15.9 Å². The lowest BCUT2D eigenvalue weighted by atomic mass is 9.82. The molecule has 0 aliphatic heterocycles. The van der Waals surface area contributed by atoms with Gasteiger partial charge in [0, 0.05) is 6.61 Å². The van der Waals surface area contributed by atoms with Crippen LogP contribution in [0, 0.1) is 11.6 Å². The van der Waals surface area contributed by atoms with Gasteiger partial charge in [-0.3, -0.25) is 0 Å². The Balaban J connectivity index is 1.58. The predicted molar refractivity (Wildman–Crippen MR) is 110 cm³/mol. The van der Waals surface area contributed by atoms with Gasteiger partial charge in [-0.2, -0.15) is 8.78 Å². The first-order chi connectivity index (χ1) is 13.8. The highest BCUT2D eigenvalue weighted by atomic mass is 79.9. The molecule has 0 heterocycles. The van der Waals surface area contributed by atoms with Gasteiger partial charge in [-0.15, -0.1) is 0 Å². The lowest BCUT2D eigenvalue weighted by Crippen LogP contribution is -2.20. The van der Waals surface area contributed by atoms with Crippen molar-refractivity contribution in [2.75, 3.05) is 6.61 Å². The average Bonchev–Trinajstić information content (AvgIpc) is 2.66. The van der Waals surface area contributed by atoms with Crippen LogP contribution in [0.5, 0.6) is 0 Å². The molecule has 0 spiro atoms. The summed E-state index contributed by atoms with van der Waals surface area (Å²) in [5.74, 6) is -1.93. The summed E-state index contributed by atoms with van der Waals surface area (Å²) in [7, 11) is 0. The second kappa shape index (κ2) is 9.61. The molecule has 1 fully saturated rings. The number of ether oxygens (including phenoxy) is 1. The van der Waals surface area contributed by atoms with Crippen LogP contribution in [0.15, 0.2) is 36.4 Å². The van der Waals surface area contributed by atoms with E-state index in [1.165, 1.54) is 5.56 Å². The number of aryl methyl sites for hydroxylation is 2. The van der Waals surface area contributed by atoms with Crippen LogP contribution in [-0.4, -0.2) is 12.7 Å². The molecule has 0 amide bonds. The second-order valence-electron chi connectivity index (χ2n) is 7.60. The average molecular weight is 473 g/mol. The monoisotopic (exact) mass is 472 g/mol. The zero-order chi connectivity index (χ0) is 21.0. The Labute approximate surface area is 177 Å². The highest BCUT2D eigenvalue weighted by Crippen LogP contribution is 2.38. The summed E-state index contributed by atoms with van der Waals surface area (Å²) < 4.78 is 60.0. The van der Waals surface area contributed by atoms with Crippen LogP contribution in [0.1, 0.15) is 60.8 Å². The normalized spacial score (nSPS) is 20.1. The van der Waals surface area contributed by atoms with E-state index in [0.717, 1.165) is 50.0 Å². The fourth-order valence-electron chi connectivity index (χ4n) is 4.08. The van der Waals surface area contributed by atoms with Crippen molar-refractivity contribution in [3.63, 3.8) is 0 Å². The van der Waals surface area contributed by atoms with Gasteiger partial charge in [0.25, 0.3) is 0 Å². The molecule has 3 rings (SSSR count). The van der Waals surface area contributed by atoms with E-state index in [9.17, 15) is 17.6 Å². The Kier molecular flexibility index (Phi) is 7.38. The molecule has 0 N–H and O–H groups in total. The van der Waals surface area contributed by atoms with Crippen molar-refractivity contribution in [3.8, 4) is 0 Å². The number of rotatable bonds is 7. The number of alkyl halides is 3. The fraction of sp³-hybridized carbons (Fsp3) is 0.478. The van der Waals surface area contributed by atoms with Crippen LogP contribution in [-0.2, 0) is 22.4 Å². The summed E-state index contributed by atoms with van der Waals surface area (Å²) in [5, 5.41) is 0. The van der Waals surface area contributed by atoms with Crippen molar-refractivity contribution in [3.05, 3.63) is 70.3 Å². The summed E-state index contributed by atoms with van der Waals surface area (Å²) in [6.45, 7) is 2.79. The van der Waals surface area contributed by atoms with Gasteiger partial charge in [-0.05, 0) is 96.1 Å². The summed E-state index contributed by atoms with van der Waals surface area (Å²) in [6.07, 6.45) is 5.75. The predicted octanol–water partition coefficient (Wildman–Crippen LogP) is 7.26. The molecule has 0 saturated heterocycles. The molecule has 0 radical (unpaired) electrons. The summed E-state index contributed by atoms with van der Waals surface area (Å²) in [6, 6.07) is 10.3. The molecule has 0 aromatic heterocycles. The van der Waals surface area contributed by atoms with E-state index < -0.39 is 22.0 Å². The Morgan fingerprint density at radius 3 is 2.00 bits per heavy atom. The molecule has 1 aliphatic rings. The summed E-state index contributed by atoms with van der Waals surface area (Å²) >= 11 is 2.02. The molecule has 1 nitrogen and oxygen atoms in total. The topological polar surface area (TPSA) is 9.23 Å². The van der Waals surface area contributed by atoms with Gasteiger partial charge in [0.15, 0.2) is 0 Å². The van der Waals surface area contributed by atoms with Gasteiger partial charge in [-0.1, -0.05) is 24.3 Å². The van der Waals surface area contributed by atoms with Crippen LogP contribution in [0.25, 0.3) is 0 Å². The molecule has 29 heavy (non-hydrogen) atoms. The lowest BCUT2D eigenvalue weighted by Gasteiger charge is -2.28. The highest BCUT2D eigenvalue weighted by Gasteiger charge is 2.34. The molecule has 0 atom stereocenters. The van der Waals surface area contributed by atoms with Gasteiger partial charge >= 0.3 is 4.83 Å². The van der Waals surface area contributed by atoms with Crippen molar-refractivity contribution >= 4 is 15.9 Å². The first-order valence-electron chi connectivity index (χ1n) is 10.0. The van der Waals surface area contributed by atoms with E-state index in [1.807, 2.05) is 35.0 Å². The molecule has 0 unspecified atom stereocenters. The van der Waals surface area contributed by atoms with E-state index in [4.69, 9.17) is 4.74 Å². The van der Waals surface area contributed by atoms with Gasteiger partial charge < -0.3 is 4.74 Å². The van der Waals surface area contributed by atoms with Crippen LogP contribution < -0.4 is 0 Å². The van der Waals surface area contributed by atoms with E-state index in [2.05, 4.69) is 12.1 Å².